The molecule has 1 aromatic carbocycles. The zero-order valence-corrected chi connectivity index (χ0v) is 14.7. The van der Waals surface area contributed by atoms with Gasteiger partial charge in [-0.15, -0.1) is 0 Å². The van der Waals surface area contributed by atoms with Gasteiger partial charge in [0.05, 0.1) is 10.0 Å². The van der Waals surface area contributed by atoms with E-state index < -0.39 is 15.0 Å². The van der Waals surface area contributed by atoms with Gasteiger partial charge in [0, 0.05) is 22.3 Å². The lowest BCUT2D eigenvalue weighted by Gasteiger charge is -2.16. The minimum Gasteiger partial charge on any atom is -0.349 e. The van der Waals surface area contributed by atoms with Crippen LogP contribution in [-0.2, 0) is 9.05 Å². The number of hydrogen-bond acceptors (Lipinski definition) is 3. The average Bonchev–Trinajstić information content (AvgIpc) is 2.39. The third-order valence-corrected chi connectivity index (χ3v) is 5.24. The molecule has 0 aliphatic rings. The van der Waals surface area contributed by atoms with Crippen LogP contribution in [0.4, 0.5) is 0 Å². The summed E-state index contributed by atoms with van der Waals surface area (Å²) < 4.78 is 22.9. The zero-order chi connectivity index (χ0) is 16.2. The van der Waals surface area contributed by atoms with Gasteiger partial charge in [-0.2, -0.15) is 0 Å². The number of amides is 1. The van der Waals surface area contributed by atoms with Crippen molar-refractivity contribution in [2.24, 2.45) is 0 Å². The van der Waals surface area contributed by atoms with Crippen molar-refractivity contribution in [2.75, 3.05) is 0 Å². The highest BCUT2D eigenvalue weighted by Crippen LogP contribution is 2.32. The summed E-state index contributed by atoms with van der Waals surface area (Å²) in [4.78, 5) is 11.8. The molecule has 0 aromatic heterocycles. The molecule has 1 amide bonds. The topological polar surface area (TPSA) is 63.2 Å². The maximum atomic E-state index is 12.2. The maximum absolute atomic E-state index is 12.2. The summed E-state index contributed by atoms with van der Waals surface area (Å²) >= 11 is 11.7. The first kappa shape index (κ1) is 18.6. The molecule has 0 aliphatic heterocycles. The average molecular weight is 373 g/mol. The van der Waals surface area contributed by atoms with E-state index in [2.05, 4.69) is 5.32 Å². The molecule has 0 heterocycles. The van der Waals surface area contributed by atoms with Crippen molar-refractivity contribution in [3.8, 4) is 0 Å². The predicted molar refractivity (Wildman–Crippen MR) is 86.0 cm³/mol. The smallest absolute Gasteiger partial charge is 0.262 e. The molecule has 1 rings (SSSR count). The molecule has 0 saturated carbocycles. The standard InChI is InChI=1S/C13H16Cl3NO3S/c1-3-5-9(4-2)17-13(18)8-6-10(14)12(15)11(7-8)21(16,19)20/h6-7,9H,3-5H2,1-2H3,(H,17,18). The summed E-state index contributed by atoms with van der Waals surface area (Å²) in [6.45, 7) is 3.98. The van der Waals surface area contributed by atoms with E-state index >= 15 is 0 Å². The molecular formula is C13H16Cl3NO3S. The molecule has 1 N–H and O–H groups in total. The molecule has 1 aromatic rings. The number of hydrogen-bond donors (Lipinski definition) is 1. The summed E-state index contributed by atoms with van der Waals surface area (Å²) in [5.74, 6) is -0.407. The number of halogens is 3. The minimum atomic E-state index is -4.08. The molecule has 118 valence electrons. The second kappa shape index (κ2) is 7.68. The van der Waals surface area contributed by atoms with Crippen LogP contribution < -0.4 is 5.32 Å². The van der Waals surface area contributed by atoms with Crippen LogP contribution in [0.5, 0.6) is 0 Å². The van der Waals surface area contributed by atoms with Crippen LogP contribution in [0.25, 0.3) is 0 Å². The van der Waals surface area contributed by atoms with Crippen molar-refractivity contribution in [3.63, 3.8) is 0 Å². The third kappa shape index (κ3) is 5.02. The van der Waals surface area contributed by atoms with Gasteiger partial charge in [-0.25, -0.2) is 8.42 Å². The Morgan fingerprint density at radius 3 is 2.38 bits per heavy atom. The van der Waals surface area contributed by atoms with Gasteiger partial charge in [0.1, 0.15) is 4.90 Å². The Morgan fingerprint density at radius 1 is 1.29 bits per heavy atom. The van der Waals surface area contributed by atoms with Crippen LogP contribution in [0, 0.1) is 0 Å². The largest absolute Gasteiger partial charge is 0.349 e. The van der Waals surface area contributed by atoms with E-state index in [1.54, 1.807) is 0 Å². The van der Waals surface area contributed by atoms with Crippen molar-refractivity contribution in [1.29, 1.82) is 0 Å². The fourth-order valence-corrected chi connectivity index (χ4v) is 3.63. The Bertz CT molecular complexity index is 632. The van der Waals surface area contributed by atoms with Crippen molar-refractivity contribution in [1.82, 2.24) is 5.32 Å². The normalized spacial score (nSPS) is 13.0. The molecule has 0 aliphatic carbocycles. The van der Waals surface area contributed by atoms with Crippen LogP contribution in [-0.4, -0.2) is 20.4 Å². The van der Waals surface area contributed by atoms with Crippen LogP contribution in [0.2, 0.25) is 10.0 Å². The number of carbonyl (C=O) groups is 1. The summed E-state index contributed by atoms with van der Waals surface area (Å²) in [6.07, 6.45) is 2.55. The summed E-state index contributed by atoms with van der Waals surface area (Å²) in [5, 5.41) is 2.60. The van der Waals surface area contributed by atoms with E-state index in [-0.39, 0.29) is 26.5 Å². The predicted octanol–water partition coefficient (Wildman–Crippen LogP) is 4.23. The first-order valence-electron chi connectivity index (χ1n) is 6.45. The van der Waals surface area contributed by atoms with E-state index in [0.29, 0.717) is 0 Å². The van der Waals surface area contributed by atoms with Crippen molar-refractivity contribution < 1.29 is 13.2 Å². The highest BCUT2D eigenvalue weighted by atomic mass is 35.7. The summed E-state index contributed by atoms with van der Waals surface area (Å²) in [6, 6.07) is 2.47. The fourth-order valence-electron chi connectivity index (χ4n) is 1.87. The summed E-state index contributed by atoms with van der Waals surface area (Å²) in [5.41, 5.74) is 0.109. The Balaban J connectivity index is 3.14. The van der Waals surface area contributed by atoms with Crippen molar-refractivity contribution in [3.05, 3.63) is 27.7 Å². The molecule has 4 nitrogen and oxygen atoms in total. The third-order valence-electron chi connectivity index (χ3n) is 2.98. The van der Waals surface area contributed by atoms with Crippen molar-refractivity contribution in [2.45, 2.75) is 44.0 Å². The molecule has 0 saturated heterocycles. The van der Waals surface area contributed by atoms with Gasteiger partial charge in [0.15, 0.2) is 0 Å². The SMILES string of the molecule is CCCC(CC)NC(=O)c1cc(Cl)c(Cl)c(S(=O)(=O)Cl)c1. The van der Waals surface area contributed by atoms with E-state index in [1.165, 1.54) is 6.07 Å². The highest BCUT2D eigenvalue weighted by Gasteiger charge is 2.21. The number of nitrogens with one attached hydrogen (secondary N) is 1. The Labute approximate surface area is 139 Å². The van der Waals surface area contributed by atoms with Crippen LogP contribution in [0.15, 0.2) is 17.0 Å². The molecule has 0 bridgehead atoms. The molecule has 0 spiro atoms. The molecule has 0 radical (unpaired) electrons. The number of carbonyl (C=O) groups excluding carboxylic acids is 1. The molecule has 21 heavy (non-hydrogen) atoms. The first-order valence-corrected chi connectivity index (χ1v) is 9.51. The highest BCUT2D eigenvalue weighted by molar-refractivity contribution is 8.13. The van der Waals surface area contributed by atoms with E-state index in [9.17, 15) is 13.2 Å². The van der Waals surface area contributed by atoms with Gasteiger partial charge in [0.2, 0.25) is 0 Å². The van der Waals surface area contributed by atoms with E-state index in [4.69, 9.17) is 33.9 Å². The molecule has 1 atom stereocenters. The molecular weight excluding hydrogens is 357 g/mol. The Morgan fingerprint density at radius 2 is 1.90 bits per heavy atom. The van der Waals surface area contributed by atoms with Gasteiger partial charge in [-0.05, 0) is 25.0 Å². The lowest BCUT2D eigenvalue weighted by Crippen LogP contribution is -2.34. The molecule has 1 unspecified atom stereocenters. The molecule has 0 fully saturated rings. The van der Waals surface area contributed by atoms with Crippen LogP contribution >= 0.6 is 33.9 Å². The Hall–Kier alpha value is -0.490. The van der Waals surface area contributed by atoms with E-state index in [0.717, 1.165) is 25.3 Å². The van der Waals surface area contributed by atoms with Gasteiger partial charge in [0.25, 0.3) is 15.0 Å². The Kier molecular flexibility index (Phi) is 6.78. The number of benzene rings is 1. The first-order chi connectivity index (χ1) is 9.70. The second-order valence-electron chi connectivity index (χ2n) is 4.58. The van der Waals surface area contributed by atoms with Gasteiger partial charge in [-0.1, -0.05) is 43.5 Å². The lowest BCUT2D eigenvalue weighted by atomic mass is 10.1. The number of rotatable bonds is 6. The van der Waals surface area contributed by atoms with Crippen molar-refractivity contribution >= 4 is 48.8 Å². The second-order valence-corrected chi connectivity index (χ2v) is 7.89. The summed E-state index contributed by atoms with van der Waals surface area (Å²) in [7, 11) is 1.21. The van der Waals surface area contributed by atoms with Crippen LogP contribution in [0.3, 0.4) is 0 Å². The van der Waals surface area contributed by atoms with Gasteiger partial charge < -0.3 is 5.32 Å². The lowest BCUT2D eigenvalue weighted by molar-refractivity contribution is 0.0933. The minimum absolute atomic E-state index is 0.0213. The zero-order valence-electron chi connectivity index (χ0n) is 11.6. The van der Waals surface area contributed by atoms with Gasteiger partial charge >= 0.3 is 0 Å². The van der Waals surface area contributed by atoms with E-state index in [1.807, 2.05) is 13.8 Å². The quantitative estimate of drug-likeness (QED) is 0.760. The van der Waals surface area contributed by atoms with Gasteiger partial charge in [-0.3, -0.25) is 4.79 Å². The van der Waals surface area contributed by atoms with Crippen LogP contribution in [0.1, 0.15) is 43.5 Å². The monoisotopic (exact) mass is 371 g/mol. The maximum Gasteiger partial charge on any atom is 0.262 e. The molecule has 8 heteroatoms. The fraction of sp³-hybridized carbons (Fsp3) is 0.462.